The predicted molar refractivity (Wildman–Crippen MR) is 66.3 cm³/mol. The minimum Gasteiger partial charge on any atom is -0.269 e. The average Bonchev–Trinajstić information content (AvgIpc) is 2.83. The molecule has 0 atom stereocenters. The first-order valence-electron chi connectivity index (χ1n) is 5.71. The molecule has 0 radical (unpaired) electrons. The summed E-state index contributed by atoms with van der Waals surface area (Å²) >= 11 is 0. The molecule has 3 rings (SSSR count). The summed E-state index contributed by atoms with van der Waals surface area (Å²) in [5, 5.41) is 6.39. The summed E-state index contributed by atoms with van der Waals surface area (Å²) in [6.45, 7) is 0. The van der Waals surface area contributed by atoms with Gasteiger partial charge in [-0.25, -0.2) is 4.40 Å². The van der Waals surface area contributed by atoms with E-state index in [1.807, 2.05) is 0 Å². The molecule has 2 heterocycles. The van der Waals surface area contributed by atoms with Crippen LogP contribution in [0.25, 0.3) is 17.0 Å². The van der Waals surface area contributed by atoms with Crippen LogP contribution in [0.5, 0.6) is 0 Å². The number of alkyl halides is 3. The van der Waals surface area contributed by atoms with Crippen LogP contribution in [-0.2, 0) is 6.18 Å². The molecule has 0 aliphatic carbocycles. The largest absolute Gasteiger partial charge is 0.417 e. The molecule has 1 aromatic carbocycles. The number of nitrogens with one attached hydrogen (secondary N) is 1. The van der Waals surface area contributed by atoms with Crippen LogP contribution in [0.3, 0.4) is 0 Å². The number of nitrogens with zero attached hydrogens (tertiary/aromatic N) is 2. The van der Waals surface area contributed by atoms with Gasteiger partial charge >= 0.3 is 6.18 Å². The monoisotopic (exact) mass is 279 g/mol. The summed E-state index contributed by atoms with van der Waals surface area (Å²) < 4.78 is 40.2. The molecule has 102 valence electrons. The Labute approximate surface area is 110 Å². The second-order valence-electron chi connectivity index (χ2n) is 4.18. The summed E-state index contributed by atoms with van der Waals surface area (Å²) in [6, 6.07) is 9.36. The molecule has 0 unspecified atom stereocenters. The minimum atomic E-state index is -4.51. The Balaban J connectivity index is 2.36. The molecule has 20 heavy (non-hydrogen) atoms. The number of fused-ring (bicyclic) bond motifs is 1. The molecule has 0 fully saturated rings. The van der Waals surface area contributed by atoms with Crippen molar-refractivity contribution >= 4 is 5.65 Å². The first kappa shape index (κ1) is 12.5. The molecule has 3 aromatic rings. The Bertz CT molecular complexity index is 832. The average molecular weight is 279 g/mol. The number of pyridine rings is 1. The summed E-state index contributed by atoms with van der Waals surface area (Å²) in [7, 11) is 0. The van der Waals surface area contributed by atoms with Gasteiger partial charge in [-0.05, 0) is 12.1 Å². The van der Waals surface area contributed by atoms with Gasteiger partial charge < -0.3 is 0 Å². The van der Waals surface area contributed by atoms with Gasteiger partial charge in [0, 0.05) is 11.6 Å². The van der Waals surface area contributed by atoms with Crippen molar-refractivity contribution in [2.24, 2.45) is 0 Å². The van der Waals surface area contributed by atoms with Crippen molar-refractivity contribution < 1.29 is 13.2 Å². The molecule has 7 heteroatoms. The van der Waals surface area contributed by atoms with Crippen LogP contribution < -0.4 is 5.56 Å². The molecule has 0 spiro atoms. The van der Waals surface area contributed by atoms with Crippen molar-refractivity contribution in [2.75, 3.05) is 0 Å². The molecule has 0 aliphatic heterocycles. The Morgan fingerprint density at radius 2 is 1.80 bits per heavy atom. The summed E-state index contributed by atoms with van der Waals surface area (Å²) in [6.07, 6.45) is -4.51. The molecule has 0 saturated carbocycles. The van der Waals surface area contributed by atoms with E-state index in [0.29, 0.717) is 5.65 Å². The van der Waals surface area contributed by atoms with E-state index in [2.05, 4.69) is 10.2 Å². The normalized spacial score (nSPS) is 11.9. The molecule has 0 saturated heterocycles. The fourth-order valence-corrected chi connectivity index (χ4v) is 2.06. The topological polar surface area (TPSA) is 50.2 Å². The van der Waals surface area contributed by atoms with Crippen LogP contribution in [0.2, 0.25) is 0 Å². The van der Waals surface area contributed by atoms with E-state index in [9.17, 15) is 18.0 Å². The lowest BCUT2D eigenvalue weighted by Crippen LogP contribution is -2.13. The molecule has 0 bridgehead atoms. The van der Waals surface area contributed by atoms with Crippen LogP contribution in [0, 0.1) is 0 Å². The number of rotatable bonds is 1. The van der Waals surface area contributed by atoms with Gasteiger partial charge in [-0.3, -0.25) is 9.89 Å². The highest BCUT2D eigenvalue weighted by atomic mass is 19.4. The van der Waals surface area contributed by atoms with Crippen LogP contribution >= 0.6 is 0 Å². The van der Waals surface area contributed by atoms with Crippen LogP contribution in [0.1, 0.15) is 5.56 Å². The Morgan fingerprint density at radius 1 is 1.05 bits per heavy atom. The molecular formula is C13H8F3N3O. The van der Waals surface area contributed by atoms with Gasteiger partial charge in [-0.2, -0.15) is 18.3 Å². The highest BCUT2D eigenvalue weighted by molar-refractivity contribution is 5.64. The maximum Gasteiger partial charge on any atom is 0.417 e. The van der Waals surface area contributed by atoms with E-state index in [4.69, 9.17) is 0 Å². The van der Waals surface area contributed by atoms with Gasteiger partial charge in [0.15, 0.2) is 5.82 Å². The Kier molecular flexibility index (Phi) is 2.63. The van der Waals surface area contributed by atoms with Gasteiger partial charge in [0.1, 0.15) is 5.65 Å². The smallest absolute Gasteiger partial charge is 0.269 e. The quantitative estimate of drug-likeness (QED) is 0.744. The highest BCUT2D eigenvalue weighted by Gasteiger charge is 2.34. The zero-order chi connectivity index (χ0) is 14.3. The Morgan fingerprint density at radius 3 is 2.55 bits per heavy atom. The minimum absolute atomic E-state index is 0.0569. The lowest BCUT2D eigenvalue weighted by Gasteiger charge is -2.11. The fraction of sp³-hybridized carbons (Fsp3) is 0.0769. The van der Waals surface area contributed by atoms with E-state index in [1.54, 1.807) is 6.07 Å². The second kappa shape index (κ2) is 4.22. The van der Waals surface area contributed by atoms with E-state index >= 15 is 0 Å². The lowest BCUT2D eigenvalue weighted by molar-refractivity contribution is -0.137. The number of aromatic amines is 1. The first-order chi connectivity index (χ1) is 9.48. The fourth-order valence-electron chi connectivity index (χ4n) is 2.06. The van der Waals surface area contributed by atoms with Crippen molar-refractivity contribution in [3.8, 4) is 11.4 Å². The van der Waals surface area contributed by atoms with E-state index < -0.39 is 17.3 Å². The van der Waals surface area contributed by atoms with Crippen molar-refractivity contribution in [1.82, 2.24) is 14.6 Å². The zero-order valence-corrected chi connectivity index (χ0v) is 9.98. The van der Waals surface area contributed by atoms with Gasteiger partial charge in [0.05, 0.1) is 5.56 Å². The van der Waals surface area contributed by atoms with Crippen molar-refractivity contribution in [2.45, 2.75) is 6.18 Å². The van der Waals surface area contributed by atoms with Gasteiger partial charge in [-0.1, -0.05) is 24.3 Å². The molecule has 1 N–H and O–H groups in total. The standard InChI is InChI=1S/C13H8F3N3O/c14-13(15,16)9-5-2-1-4-8(9)12-18-17-10-6-3-7-11(20)19(10)12/h1-7,17H. The molecule has 4 nitrogen and oxygen atoms in total. The maximum atomic E-state index is 13.0. The van der Waals surface area contributed by atoms with Crippen molar-refractivity contribution in [3.63, 3.8) is 0 Å². The van der Waals surface area contributed by atoms with Crippen molar-refractivity contribution in [3.05, 3.63) is 58.4 Å². The summed E-state index contributed by atoms with van der Waals surface area (Å²) in [4.78, 5) is 11.8. The number of hydrogen-bond donors (Lipinski definition) is 1. The lowest BCUT2D eigenvalue weighted by atomic mass is 10.1. The third-order valence-corrected chi connectivity index (χ3v) is 2.92. The van der Waals surface area contributed by atoms with E-state index in [0.717, 1.165) is 10.5 Å². The number of aromatic nitrogens is 3. The predicted octanol–water partition coefficient (Wildman–Crippen LogP) is 2.71. The highest BCUT2D eigenvalue weighted by Crippen LogP contribution is 2.35. The second-order valence-corrected chi connectivity index (χ2v) is 4.18. The van der Waals surface area contributed by atoms with E-state index in [1.165, 1.54) is 30.3 Å². The Hall–Kier alpha value is -2.57. The molecule has 0 aliphatic rings. The summed E-state index contributed by atoms with van der Waals surface area (Å²) in [5.74, 6) is -0.0569. The van der Waals surface area contributed by atoms with Crippen LogP contribution in [-0.4, -0.2) is 14.6 Å². The molecular weight excluding hydrogens is 271 g/mol. The first-order valence-corrected chi connectivity index (χ1v) is 5.71. The maximum absolute atomic E-state index is 13.0. The van der Waals surface area contributed by atoms with Gasteiger partial charge in [0.2, 0.25) is 0 Å². The zero-order valence-electron chi connectivity index (χ0n) is 9.98. The van der Waals surface area contributed by atoms with Gasteiger partial charge in [-0.15, -0.1) is 0 Å². The number of hydrogen-bond acceptors (Lipinski definition) is 2. The molecule has 2 aromatic heterocycles. The SMILES string of the molecule is O=c1cccc2[nH]nc(-c3ccccc3C(F)(F)F)n12. The van der Waals surface area contributed by atoms with Gasteiger partial charge in [0.25, 0.3) is 5.56 Å². The van der Waals surface area contributed by atoms with Crippen molar-refractivity contribution in [1.29, 1.82) is 0 Å². The summed E-state index contributed by atoms with van der Waals surface area (Å²) in [5.41, 5.74) is -1.07. The number of halogens is 3. The number of benzene rings is 1. The molecule has 0 amide bonds. The third kappa shape index (κ3) is 1.87. The van der Waals surface area contributed by atoms with Crippen LogP contribution in [0.15, 0.2) is 47.3 Å². The number of H-pyrrole nitrogens is 1. The van der Waals surface area contributed by atoms with E-state index in [-0.39, 0.29) is 11.4 Å². The third-order valence-electron chi connectivity index (χ3n) is 2.92. The van der Waals surface area contributed by atoms with Crippen LogP contribution in [0.4, 0.5) is 13.2 Å².